The number of hydrogen-bond acceptors (Lipinski definition) is 5. The Morgan fingerprint density at radius 2 is 1.72 bits per heavy atom. The van der Waals surface area contributed by atoms with E-state index in [-0.39, 0.29) is 11.9 Å². The van der Waals surface area contributed by atoms with Gasteiger partial charge in [0.25, 0.3) is 0 Å². The van der Waals surface area contributed by atoms with E-state index < -0.39 is 5.54 Å². The summed E-state index contributed by atoms with van der Waals surface area (Å²) < 4.78 is 11.6. The van der Waals surface area contributed by atoms with Gasteiger partial charge in [-0.1, -0.05) is 66.2 Å². The Labute approximate surface area is 254 Å². The average molecular weight is 583 g/mol. The van der Waals surface area contributed by atoms with Crippen molar-refractivity contribution in [1.29, 1.82) is 0 Å². The highest BCUT2D eigenvalue weighted by molar-refractivity contribution is 6.02. The predicted octanol–water partition coefficient (Wildman–Crippen LogP) is 5.66. The van der Waals surface area contributed by atoms with Crippen LogP contribution in [0.1, 0.15) is 31.7 Å². The fourth-order valence-electron chi connectivity index (χ4n) is 5.94. The molecule has 3 aromatic carbocycles. The van der Waals surface area contributed by atoms with E-state index in [1.807, 2.05) is 72.8 Å². The molecular weight excluding hydrogens is 540 g/mol. The second-order valence-corrected chi connectivity index (χ2v) is 11.3. The van der Waals surface area contributed by atoms with E-state index in [2.05, 4.69) is 33.7 Å². The van der Waals surface area contributed by atoms with Crippen LogP contribution in [0.5, 0.6) is 5.75 Å². The van der Waals surface area contributed by atoms with Crippen LogP contribution in [0.2, 0.25) is 0 Å². The maximum atomic E-state index is 13.8. The average Bonchev–Trinajstić information content (AvgIpc) is 3.01. The standard InChI is InChI=1S/C35H42N4O4/c1-28(40)37-35(25-29-10-4-2-5-11-29)17-9-12-30(26-35)27-39(34(41)36-31-13-6-3-7-14-31)32-15-8-16-33(24-32)43-23-20-38-18-21-42-22-19-38/h2-8,10-11,13-16,24,26H,9,12,17-23,25,27H2,1H3,(H,36,41)(H,37,40). The predicted molar refractivity (Wildman–Crippen MR) is 171 cm³/mol. The topological polar surface area (TPSA) is 83.1 Å². The molecular formula is C35H42N4O4. The van der Waals surface area contributed by atoms with Crippen molar-refractivity contribution in [2.24, 2.45) is 0 Å². The third-order valence-electron chi connectivity index (χ3n) is 7.93. The number of anilines is 2. The number of benzene rings is 3. The second kappa shape index (κ2) is 14.8. The summed E-state index contributed by atoms with van der Waals surface area (Å²) in [4.78, 5) is 30.3. The number of nitrogens with zero attached hydrogens (tertiary/aromatic N) is 2. The van der Waals surface area contributed by atoms with Gasteiger partial charge in [0.2, 0.25) is 5.91 Å². The number of carbonyl (C=O) groups is 2. The van der Waals surface area contributed by atoms with Crippen LogP contribution in [-0.4, -0.2) is 68.4 Å². The van der Waals surface area contributed by atoms with Gasteiger partial charge < -0.3 is 20.1 Å². The van der Waals surface area contributed by atoms with Gasteiger partial charge in [-0.3, -0.25) is 14.6 Å². The van der Waals surface area contributed by atoms with Gasteiger partial charge in [0, 0.05) is 50.5 Å². The summed E-state index contributed by atoms with van der Waals surface area (Å²) in [6.07, 6.45) is 5.49. The molecule has 2 N–H and O–H groups in total. The summed E-state index contributed by atoms with van der Waals surface area (Å²) in [5, 5.41) is 6.31. The van der Waals surface area contributed by atoms with Gasteiger partial charge in [0.1, 0.15) is 12.4 Å². The fourth-order valence-corrected chi connectivity index (χ4v) is 5.94. The number of amides is 3. The number of nitrogens with one attached hydrogen (secondary N) is 2. The van der Waals surface area contributed by atoms with Gasteiger partial charge in [-0.15, -0.1) is 0 Å². The van der Waals surface area contributed by atoms with Crippen molar-refractivity contribution >= 4 is 23.3 Å². The van der Waals surface area contributed by atoms with E-state index in [4.69, 9.17) is 9.47 Å². The fraction of sp³-hybridized carbons (Fsp3) is 0.371. The Kier molecular flexibility index (Phi) is 10.5. The molecule has 0 aromatic heterocycles. The minimum atomic E-state index is -0.507. The number of hydrogen-bond donors (Lipinski definition) is 2. The van der Waals surface area contributed by atoms with Crippen LogP contribution in [-0.2, 0) is 16.0 Å². The SMILES string of the molecule is CC(=O)NC1(Cc2ccccc2)C=C(CN(C(=O)Nc2ccccc2)c2cccc(OCCN3CCOCC3)c2)CCC1. The Balaban J connectivity index is 1.38. The number of morpholine rings is 1. The largest absolute Gasteiger partial charge is 0.492 e. The van der Waals surface area contributed by atoms with Crippen molar-refractivity contribution < 1.29 is 19.1 Å². The van der Waals surface area contributed by atoms with Crippen LogP contribution >= 0.6 is 0 Å². The van der Waals surface area contributed by atoms with Crippen LogP contribution in [0.4, 0.5) is 16.2 Å². The van der Waals surface area contributed by atoms with Crippen molar-refractivity contribution in [2.75, 3.05) is 56.2 Å². The molecule has 0 radical (unpaired) electrons. The molecule has 1 atom stereocenters. The Morgan fingerprint density at radius 3 is 2.47 bits per heavy atom. The van der Waals surface area contributed by atoms with Crippen LogP contribution in [0.3, 0.4) is 0 Å². The molecule has 1 aliphatic carbocycles. The van der Waals surface area contributed by atoms with Crippen LogP contribution < -0.4 is 20.3 Å². The highest BCUT2D eigenvalue weighted by Crippen LogP contribution is 2.32. The lowest BCUT2D eigenvalue weighted by Crippen LogP contribution is -2.50. The number of rotatable bonds is 11. The zero-order chi connectivity index (χ0) is 29.9. The Hall–Kier alpha value is -4.14. The lowest BCUT2D eigenvalue weighted by atomic mass is 9.79. The summed E-state index contributed by atoms with van der Waals surface area (Å²) in [6, 6.07) is 27.2. The van der Waals surface area contributed by atoms with Crippen molar-refractivity contribution in [2.45, 2.75) is 38.1 Å². The maximum absolute atomic E-state index is 13.8. The van der Waals surface area contributed by atoms with Gasteiger partial charge >= 0.3 is 6.03 Å². The first-order chi connectivity index (χ1) is 21.0. The molecule has 0 spiro atoms. The first kappa shape index (κ1) is 30.3. The zero-order valence-electron chi connectivity index (χ0n) is 25.0. The molecule has 5 rings (SSSR count). The number of urea groups is 1. The molecule has 3 aromatic rings. The third kappa shape index (κ3) is 8.92. The third-order valence-corrected chi connectivity index (χ3v) is 7.93. The molecule has 226 valence electrons. The molecule has 2 aliphatic rings. The van der Waals surface area contributed by atoms with E-state index in [0.717, 1.165) is 80.4 Å². The van der Waals surface area contributed by atoms with Gasteiger partial charge in [0.15, 0.2) is 0 Å². The van der Waals surface area contributed by atoms with E-state index in [1.54, 1.807) is 11.8 Å². The number of ether oxygens (including phenoxy) is 2. The lowest BCUT2D eigenvalue weighted by Gasteiger charge is -2.37. The zero-order valence-corrected chi connectivity index (χ0v) is 25.0. The molecule has 43 heavy (non-hydrogen) atoms. The summed E-state index contributed by atoms with van der Waals surface area (Å²) in [5.74, 6) is 0.659. The molecule has 8 nitrogen and oxygen atoms in total. The smallest absolute Gasteiger partial charge is 0.326 e. The van der Waals surface area contributed by atoms with Gasteiger partial charge in [0.05, 0.1) is 18.8 Å². The summed E-state index contributed by atoms with van der Waals surface area (Å²) in [5.41, 5.74) is 3.24. The van der Waals surface area contributed by atoms with E-state index in [9.17, 15) is 9.59 Å². The molecule has 8 heteroatoms. The van der Waals surface area contributed by atoms with E-state index >= 15 is 0 Å². The van der Waals surface area contributed by atoms with Crippen molar-refractivity contribution in [1.82, 2.24) is 10.2 Å². The van der Waals surface area contributed by atoms with Gasteiger partial charge in [-0.05, 0) is 55.5 Å². The molecule has 1 fully saturated rings. The number of para-hydroxylation sites is 1. The minimum absolute atomic E-state index is 0.0611. The summed E-state index contributed by atoms with van der Waals surface area (Å²) in [7, 11) is 0. The first-order valence-electron chi connectivity index (χ1n) is 15.2. The maximum Gasteiger partial charge on any atom is 0.326 e. The minimum Gasteiger partial charge on any atom is -0.492 e. The normalized spacial score (nSPS) is 18.8. The quantitative estimate of drug-likeness (QED) is 0.285. The Bertz CT molecular complexity index is 1370. The highest BCUT2D eigenvalue weighted by Gasteiger charge is 2.33. The molecule has 3 amide bonds. The molecule has 1 saturated heterocycles. The Morgan fingerprint density at radius 1 is 0.977 bits per heavy atom. The van der Waals surface area contributed by atoms with Gasteiger partial charge in [-0.25, -0.2) is 4.79 Å². The molecule has 0 saturated carbocycles. The van der Waals surface area contributed by atoms with Crippen molar-refractivity contribution in [3.63, 3.8) is 0 Å². The van der Waals surface area contributed by atoms with Crippen LogP contribution in [0.15, 0.2) is 96.6 Å². The highest BCUT2D eigenvalue weighted by atomic mass is 16.5. The molecule has 1 unspecified atom stereocenters. The van der Waals surface area contributed by atoms with Gasteiger partial charge in [-0.2, -0.15) is 0 Å². The number of carbonyl (C=O) groups excluding carboxylic acids is 2. The first-order valence-corrected chi connectivity index (χ1v) is 15.2. The second-order valence-electron chi connectivity index (χ2n) is 11.3. The summed E-state index contributed by atoms with van der Waals surface area (Å²) >= 11 is 0. The lowest BCUT2D eigenvalue weighted by molar-refractivity contribution is -0.120. The molecule has 1 heterocycles. The van der Waals surface area contributed by atoms with Crippen LogP contribution in [0, 0.1) is 0 Å². The van der Waals surface area contributed by atoms with Crippen LogP contribution in [0.25, 0.3) is 0 Å². The molecule has 1 aliphatic heterocycles. The van der Waals surface area contributed by atoms with Crippen molar-refractivity contribution in [3.05, 3.63) is 102 Å². The van der Waals surface area contributed by atoms with Crippen molar-refractivity contribution in [3.8, 4) is 5.75 Å². The van der Waals surface area contributed by atoms with E-state index in [1.165, 1.54) is 0 Å². The summed E-state index contributed by atoms with van der Waals surface area (Å²) in [6.45, 7) is 6.68. The van der Waals surface area contributed by atoms with E-state index in [0.29, 0.717) is 19.6 Å². The monoisotopic (exact) mass is 582 g/mol. The molecule has 0 bridgehead atoms.